The number of carbonyl (C=O) groups is 1. The minimum Gasteiger partial charge on any atom is -0.357 e. The number of nitrogens with one attached hydrogen (secondary N) is 2. The molecule has 1 aliphatic rings. The standard InChI is InChI=1S/C23H29N5O/c1-17-20-9-3-4-10-21(20)26-22(17)16-27(2)23(29)25-19-8-6-12-28(15-19)14-18-7-5-11-24-13-18/h3-5,7,9-11,13,19,26H,6,8,12,14-16H2,1-2H3,(H,25,29)/t19-/m0/s1. The van der Waals surface area contributed by atoms with Crippen LogP contribution in [0.5, 0.6) is 0 Å². The smallest absolute Gasteiger partial charge is 0.317 e. The van der Waals surface area contributed by atoms with Crippen molar-refractivity contribution in [1.82, 2.24) is 25.1 Å². The Morgan fingerprint density at radius 1 is 1.31 bits per heavy atom. The molecule has 29 heavy (non-hydrogen) atoms. The van der Waals surface area contributed by atoms with E-state index in [2.05, 4.69) is 45.3 Å². The highest BCUT2D eigenvalue weighted by Crippen LogP contribution is 2.22. The summed E-state index contributed by atoms with van der Waals surface area (Å²) in [4.78, 5) is 24.6. The summed E-state index contributed by atoms with van der Waals surface area (Å²) in [6.07, 6.45) is 5.83. The lowest BCUT2D eigenvalue weighted by atomic mass is 10.1. The van der Waals surface area contributed by atoms with Gasteiger partial charge in [0, 0.05) is 55.2 Å². The molecule has 0 saturated carbocycles. The number of piperidine rings is 1. The van der Waals surface area contributed by atoms with Crippen LogP contribution < -0.4 is 5.32 Å². The van der Waals surface area contributed by atoms with Crippen LogP contribution in [-0.4, -0.2) is 52.0 Å². The van der Waals surface area contributed by atoms with Gasteiger partial charge in [-0.05, 0) is 49.6 Å². The Balaban J connectivity index is 1.33. The summed E-state index contributed by atoms with van der Waals surface area (Å²) >= 11 is 0. The predicted molar refractivity (Wildman–Crippen MR) is 116 cm³/mol. The maximum atomic E-state index is 12.8. The van der Waals surface area contributed by atoms with Crippen molar-refractivity contribution in [2.24, 2.45) is 0 Å². The van der Waals surface area contributed by atoms with Gasteiger partial charge in [0.25, 0.3) is 0 Å². The molecule has 3 heterocycles. The Hall–Kier alpha value is -2.86. The van der Waals surface area contributed by atoms with Gasteiger partial charge in [-0.3, -0.25) is 9.88 Å². The van der Waals surface area contributed by atoms with Crippen molar-refractivity contribution < 1.29 is 4.79 Å². The Morgan fingerprint density at radius 2 is 2.17 bits per heavy atom. The number of pyridine rings is 1. The summed E-state index contributed by atoms with van der Waals surface area (Å²) in [7, 11) is 1.86. The molecule has 1 atom stereocenters. The van der Waals surface area contributed by atoms with Gasteiger partial charge in [-0.25, -0.2) is 4.79 Å². The summed E-state index contributed by atoms with van der Waals surface area (Å²) in [5.74, 6) is 0. The predicted octanol–water partition coefficient (Wildman–Crippen LogP) is 3.68. The summed E-state index contributed by atoms with van der Waals surface area (Å²) in [5.41, 5.74) is 4.63. The zero-order chi connectivity index (χ0) is 20.2. The number of urea groups is 1. The summed E-state index contributed by atoms with van der Waals surface area (Å²) < 4.78 is 0. The third-order valence-electron chi connectivity index (χ3n) is 5.77. The number of para-hydroxylation sites is 1. The average molecular weight is 392 g/mol. The molecule has 1 saturated heterocycles. The van der Waals surface area contributed by atoms with Gasteiger partial charge in [-0.15, -0.1) is 0 Å². The van der Waals surface area contributed by atoms with Crippen LogP contribution in [0, 0.1) is 6.92 Å². The van der Waals surface area contributed by atoms with Crippen LogP contribution in [0.25, 0.3) is 10.9 Å². The van der Waals surface area contributed by atoms with Gasteiger partial charge in [0.05, 0.1) is 6.54 Å². The number of amides is 2. The number of aromatic amines is 1. The lowest BCUT2D eigenvalue weighted by Gasteiger charge is -2.34. The highest BCUT2D eigenvalue weighted by atomic mass is 16.2. The topological polar surface area (TPSA) is 64.3 Å². The average Bonchev–Trinajstić information content (AvgIpc) is 3.04. The number of aromatic nitrogens is 2. The first-order chi connectivity index (χ1) is 14.1. The highest BCUT2D eigenvalue weighted by molar-refractivity contribution is 5.84. The molecular formula is C23H29N5O. The number of fused-ring (bicyclic) bond motifs is 1. The first-order valence-electron chi connectivity index (χ1n) is 10.3. The van der Waals surface area contributed by atoms with Crippen LogP contribution in [0.2, 0.25) is 0 Å². The van der Waals surface area contributed by atoms with E-state index < -0.39 is 0 Å². The van der Waals surface area contributed by atoms with E-state index in [9.17, 15) is 4.79 Å². The highest BCUT2D eigenvalue weighted by Gasteiger charge is 2.23. The molecule has 4 rings (SSSR count). The van der Waals surface area contributed by atoms with Crippen LogP contribution in [0.15, 0.2) is 48.8 Å². The van der Waals surface area contributed by atoms with Gasteiger partial charge in [0.1, 0.15) is 0 Å². The molecule has 2 N–H and O–H groups in total. The Morgan fingerprint density at radius 3 is 2.97 bits per heavy atom. The summed E-state index contributed by atoms with van der Waals surface area (Å²) in [6, 6.07) is 12.5. The number of hydrogen-bond acceptors (Lipinski definition) is 3. The number of aryl methyl sites for hydroxylation is 1. The van der Waals surface area contributed by atoms with E-state index in [1.54, 1.807) is 11.1 Å². The molecule has 152 valence electrons. The normalized spacial score (nSPS) is 17.4. The molecule has 0 aliphatic carbocycles. The molecule has 0 spiro atoms. The van der Waals surface area contributed by atoms with E-state index in [-0.39, 0.29) is 12.1 Å². The lowest BCUT2D eigenvalue weighted by Crippen LogP contribution is -2.50. The van der Waals surface area contributed by atoms with Crippen LogP contribution in [-0.2, 0) is 13.1 Å². The molecule has 1 aromatic carbocycles. The fraction of sp³-hybridized carbons (Fsp3) is 0.391. The second kappa shape index (κ2) is 8.66. The van der Waals surface area contributed by atoms with Gasteiger partial charge in [0.2, 0.25) is 0 Å². The number of H-pyrrole nitrogens is 1. The fourth-order valence-electron chi connectivity index (χ4n) is 4.16. The van der Waals surface area contributed by atoms with Crippen molar-refractivity contribution >= 4 is 16.9 Å². The van der Waals surface area contributed by atoms with Crippen molar-refractivity contribution in [1.29, 1.82) is 0 Å². The van der Waals surface area contributed by atoms with Crippen molar-refractivity contribution in [2.45, 2.75) is 38.9 Å². The number of nitrogens with zero attached hydrogens (tertiary/aromatic N) is 3. The second-order valence-corrected chi connectivity index (χ2v) is 8.02. The maximum absolute atomic E-state index is 12.8. The Kier molecular flexibility index (Phi) is 5.81. The zero-order valence-electron chi connectivity index (χ0n) is 17.2. The number of carbonyl (C=O) groups excluding carboxylic acids is 1. The third kappa shape index (κ3) is 4.59. The molecule has 0 radical (unpaired) electrons. The molecule has 1 fully saturated rings. The SMILES string of the molecule is Cc1c(CN(C)C(=O)N[C@H]2CCCN(Cc3cccnc3)C2)[nH]c2ccccc12. The summed E-state index contributed by atoms with van der Waals surface area (Å²) in [6.45, 7) is 5.49. The molecule has 2 aromatic heterocycles. The maximum Gasteiger partial charge on any atom is 0.317 e. The fourth-order valence-corrected chi connectivity index (χ4v) is 4.16. The van der Waals surface area contributed by atoms with Crippen LogP contribution in [0.3, 0.4) is 0 Å². The molecule has 3 aromatic rings. The monoisotopic (exact) mass is 391 g/mol. The minimum absolute atomic E-state index is 0.0173. The van der Waals surface area contributed by atoms with Crippen molar-refractivity contribution in [3.8, 4) is 0 Å². The van der Waals surface area contributed by atoms with Crippen molar-refractivity contribution in [3.05, 3.63) is 65.6 Å². The number of likely N-dealkylation sites (tertiary alicyclic amines) is 1. The van der Waals surface area contributed by atoms with E-state index >= 15 is 0 Å². The molecular weight excluding hydrogens is 362 g/mol. The second-order valence-electron chi connectivity index (χ2n) is 8.02. The zero-order valence-corrected chi connectivity index (χ0v) is 17.2. The quantitative estimate of drug-likeness (QED) is 0.697. The van der Waals surface area contributed by atoms with Crippen molar-refractivity contribution in [3.63, 3.8) is 0 Å². The minimum atomic E-state index is -0.0173. The Labute approximate surface area is 171 Å². The van der Waals surface area contributed by atoms with Crippen LogP contribution in [0.1, 0.15) is 29.7 Å². The van der Waals surface area contributed by atoms with Crippen LogP contribution in [0.4, 0.5) is 4.79 Å². The van der Waals surface area contributed by atoms with Crippen LogP contribution >= 0.6 is 0 Å². The van der Waals surface area contributed by atoms with Gasteiger partial charge in [0.15, 0.2) is 0 Å². The first-order valence-corrected chi connectivity index (χ1v) is 10.3. The molecule has 0 bridgehead atoms. The number of rotatable bonds is 5. The molecule has 2 amide bonds. The molecule has 0 unspecified atom stereocenters. The van der Waals surface area contributed by atoms with E-state index in [0.717, 1.165) is 43.7 Å². The van der Waals surface area contributed by atoms with Gasteiger partial charge < -0.3 is 15.2 Å². The largest absolute Gasteiger partial charge is 0.357 e. The van der Waals surface area contributed by atoms with Gasteiger partial charge in [-0.2, -0.15) is 0 Å². The molecule has 6 heteroatoms. The van der Waals surface area contributed by atoms with E-state index in [4.69, 9.17) is 0 Å². The van der Waals surface area contributed by atoms with Gasteiger partial charge in [-0.1, -0.05) is 24.3 Å². The van der Waals surface area contributed by atoms with Gasteiger partial charge >= 0.3 is 6.03 Å². The molecule has 1 aliphatic heterocycles. The third-order valence-corrected chi connectivity index (χ3v) is 5.77. The van der Waals surface area contributed by atoms with E-state index in [0.29, 0.717) is 6.54 Å². The van der Waals surface area contributed by atoms with Crippen molar-refractivity contribution in [2.75, 3.05) is 20.1 Å². The lowest BCUT2D eigenvalue weighted by molar-refractivity contribution is 0.167. The molecule has 6 nitrogen and oxygen atoms in total. The van der Waals surface area contributed by atoms with E-state index in [1.807, 2.05) is 31.4 Å². The number of hydrogen-bond donors (Lipinski definition) is 2. The number of benzene rings is 1. The van der Waals surface area contributed by atoms with E-state index in [1.165, 1.54) is 16.5 Å². The Bertz CT molecular complexity index is 968. The summed E-state index contributed by atoms with van der Waals surface area (Å²) in [5, 5.41) is 4.44. The first kappa shape index (κ1) is 19.5.